The van der Waals surface area contributed by atoms with Gasteiger partial charge in [-0.15, -0.1) is 0 Å². The molecule has 0 radical (unpaired) electrons. The predicted molar refractivity (Wildman–Crippen MR) is 125 cm³/mol. The van der Waals surface area contributed by atoms with Gasteiger partial charge in [0.25, 0.3) is 0 Å². The summed E-state index contributed by atoms with van der Waals surface area (Å²) in [5.74, 6) is 1.06. The Labute approximate surface area is 193 Å². The topological polar surface area (TPSA) is 92.4 Å². The molecule has 33 heavy (non-hydrogen) atoms. The fraction of sp³-hybridized carbons (Fsp3) is 0.417. The maximum Gasteiger partial charge on any atom is 0.238 e. The number of morpholine rings is 1. The highest BCUT2D eigenvalue weighted by atomic mass is 16.7. The molecule has 2 aliphatic rings. The molecule has 2 aromatic carbocycles. The van der Waals surface area contributed by atoms with Crippen molar-refractivity contribution in [3.63, 3.8) is 0 Å². The fourth-order valence-corrected chi connectivity index (χ4v) is 3.73. The van der Waals surface area contributed by atoms with Crippen molar-refractivity contribution in [1.82, 2.24) is 10.2 Å². The van der Waals surface area contributed by atoms with Crippen LogP contribution < -0.4 is 25.0 Å². The molecule has 2 heterocycles. The summed E-state index contributed by atoms with van der Waals surface area (Å²) < 4.78 is 16.1. The van der Waals surface area contributed by atoms with Gasteiger partial charge in [0.1, 0.15) is 0 Å². The van der Waals surface area contributed by atoms with Crippen LogP contribution in [0.1, 0.15) is 12.5 Å². The molecule has 0 bridgehead atoms. The summed E-state index contributed by atoms with van der Waals surface area (Å²) in [5.41, 5.74) is 2.76. The van der Waals surface area contributed by atoms with Gasteiger partial charge in [0.2, 0.25) is 18.6 Å². The number of fused-ring (bicyclic) bond motifs is 1. The van der Waals surface area contributed by atoms with E-state index in [-0.39, 0.29) is 25.2 Å². The van der Waals surface area contributed by atoms with Crippen molar-refractivity contribution in [3.05, 3.63) is 48.0 Å². The van der Waals surface area contributed by atoms with Crippen LogP contribution in [0.3, 0.4) is 0 Å². The number of rotatable bonds is 8. The molecular formula is C24H30N4O5. The first-order valence-electron chi connectivity index (χ1n) is 11.1. The zero-order valence-electron chi connectivity index (χ0n) is 19.0. The van der Waals surface area contributed by atoms with Crippen LogP contribution in [0.25, 0.3) is 0 Å². The summed E-state index contributed by atoms with van der Waals surface area (Å²) in [6.07, 6.45) is 0. The maximum atomic E-state index is 12.6. The first kappa shape index (κ1) is 22.9. The molecule has 0 saturated carbocycles. The summed E-state index contributed by atoms with van der Waals surface area (Å²) in [7, 11) is 1.76. The van der Waals surface area contributed by atoms with E-state index in [0.717, 1.165) is 43.2 Å². The van der Waals surface area contributed by atoms with Crippen molar-refractivity contribution in [3.8, 4) is 11.5 Å². The molecule has 1 fully saturated rings. The largest absolute Gasteiger partial charge is 0.454 e. The summed E-state index contributed by atoms with van der Waals surface area (Å²) in [5, 5.41) is 5.81. The Hall–Kier alpha value is -3.30. The number of nitrogens with zero attached hydrogens (tertiary/aromatic N) is 2. The van der Waals surface area contributed by atoms with Crippen LogP contribution in [0.4, 0.5) is 11.4 Å². The number of nitrogens with one attached hydrogen (secondary N) is 2. The summed E-state index contributed by atoms with van der Waals surface area (Å²) in [6, 6.07) is 12.9. The Bertz CT molecular complexity index is 975. The fourth-order valence-electron chi connectivity index (χ4n) is 3.73. The van der Waals surface area contributed by atoms with Crippen molar-refractivity contribution >= 4 is 23.2 Å². The van der Waals surface area contributed by atoms with Crippen LogP contribution in [0.2, 0.25) is 0 Å². The van der Waals surface area contributed by atoms with Gasteiger partial charge in [0.15, 0.2) is 11.5 Å². The van der Waals surface area contributed by atoms with Crippen molar-refractivity contribution < 1.29 is 23.8 Å². The van der Waals surface area contributed by atoms with Crippen LogP contribution >= 0.6 is 0 Å². The zero-order chi connectivity index (χ0) is 23.2. The van der Waals surface area contributed by atoms with Crippen LogP contribution in [0, 0.1) is 0 Å². The highest BCUT2D eigenvalue weighted by molar-refractivity contribution is 5.93. The van der Waals surface area contributed by atoms with E-state index in [4.69, 9.17) is 14.2 Å². The second-order valence-corrected chi connectivity index (χ2v) is 8.19. The van der Waals surface area contributed by atoms with Crippen molar-refractivity contribution in [2.45, 2.75) is 19.5 Å². The van der Waals surface area contributed by atoms with Crippen molar-refractivity contribution in [2.75, 3.05) is 56.9 Å². The number of benzene rings is 2. The maximum absolute atomic E-state index is 12.6. The molecule has 1 saturated heterocycles. The van der Waals surface area contributed by atoms with Crippen molar-refractivity contribution in [1.29, 1.82) is 0 Å². The summed E-state index contributed by atoms with van der Waals surface area (Å²) in [4.78, 5) is 29.0. The lowest BCUT2D eigenvalue weighted by Gasteiger charge is -2.29. The molecule has 176 valence electrons. The molecule has 2 N–H and O–H groups in total. The number of carbonyl (C=O) groups excluding carboxylic acids is 2. The van der Waals surface area contributed by atoms with Crippen molar-refractivity contribution in [2.24, 2.45) is 0 Å². The lowest BCUT2D eigenvalue weighted by atomic mass is 10.2. The van der Waals surface area contributed by atoms with Crippen LogP contribution in [-0.4, -0.2) is 69.4 Å². The monoisotopic (exact) mass is 454 g/mol. The molecule has 2 aromatic rings. The van der Waals surface area contributed by atoms with Gasteiger partial charge in [-0.1, -0.05) is 6.07 Å². The molecule has 2 aliphatic heterocycles. The highest BCUT2D eigenvalue weighted by Gasteiger charge is 2.21. The van der Waals surface area contributed by atoms with Gasteiger partial charge in [-0.3, -0.25) is 14.5 Å². The minimum atomic E-state index is -0.464. The van der Waals surface area contributed by atoms with Crippen LogP contribution in [0.5, 0.6) is 11.5 Å². The smallest absolute Gasteiger partial charge is 0.238 e. The van der Waals surface area contributed by atoms with E-state index in [1.807, 2.05) is 42.5 Å². The van der Waals surface area contributed by atoms with E-state index in [9.17, 15) is 9.59 Å². The molecule has 0 spiro atoms. The average molecular weight is 455 g/mol. The molecule has 2 amide bonds. The van der Waals surface area contributed by atoms with Gasteiger partial charge in [-0.2, -0.15) is 0 Å². The molecule has 9 nitrogen and oxygen atoms in total. The predicted octanol–water partition coefficient (Wildman–Crippen LogP) is 1.83. The van der Waals surface area contributed by atoms with Gasteiger partial charge in [0, 0.05) is 31.0 Å². The summed E-state index contributed by atoms with van der Waals surface area (Å²) >= 11 is 0. The molecule has 9 heteroatoms. The Balaban J connectivity index is 1.22. The van der Waals surface area contributed by atoms with Gasteiger partial charge in [0.05, 0.1) is 25.8 Å². The van der Waals surface area contributed by atoms with E-state index >= 15 is 0 Å². The number of anilines is 2. The molecule has 1 atom stereocenters. The minimum Gasteiger partial charge on any atom is -0.454 e. The second kappa shape index (κ2) is 10.5. The SMILES string of the molecule is C[C@@H](C(=O)NCc1ccc2c(c1)OCO2)N(C)CC(=O)Nc1ccc(N2CCOCC2)cc1. The Morgan fingerprint density at radius 2 is 1.79 bits per heavy atom. The standard InChI is InChI=1S/C24H30N4O5/c1-17(24(30)25-14-18-3-8-21-22(13-18)33-16-32-21)27(2)15-23(29)26-19-4-6-20(7-5-19)28-9-11-31-12-10-28/h3-8,13,17H,9-12,14-16H2,1-2H3,(H,25,30)(H,26,29)/t17-/m0/s1. The minimum absolute atomic E-state index is 0.101. The number of amides is 2. The van der Waals surface area contributed by atoms with Gasteiger partial charge >= 0.3 is 0 Å². The lowest BCUT2D eigenvalue weighted by molar-refractivity contribution is -0.126. The number of ether oxygens (including phenoxy) is 3. The molecular weight excluding hydrogens is 424 g/mol. The summed E-state index contributed by atoms with van der Waals surface area (Å²) in [6.45, 7) is 5.66. The third-order valence-electron chi connectivity index (χ3n) is 5.86. The Morgan fingerprint density at radius 1 is 1.06 bits per heavy atom. The number of carbonyl (C=O) groups is 2. The lowest BCUT2D eigenvalue weighted by Crippen LogP contribution is -2.45. The molecule has 4 rings (SSSR count). The van der Waals surface area contributed by atoms with E-state index < -0.39 is 6.04 Å². The highest BCUT2D eigenvalue weighted by Crippen LogP contribution is 2.32. The number of hydrogen-bond donors (Lipinski definition) is 2. The third kappa shape index (κ3) is 5.94. The van der Waals surface area contributed by atoms with Crippen LogP contribution in [-0.2, 0) is 20.9 Å². The van der Waals surface area contributed by atoms with Gasteiger partial charge in [-0.05, 0) is 55.9 Å². The number of likely N-dealkylation sites (N-methyl/N-ethyl adjacent to an activating group) is 1. The van der Waals surface area contributed by atoms with Gasteiger partial charge < -0.3 is 29.7 Å². The van der Waals surface area contributed by atoms with E-state index in [2.05, 4.69) is 15.5 Å². The van der Waals surface area contributed by atoms with E-state index in [0.29, 0.717) is 18.0 Å². The van der Waals surface area contributed by atoms with E-state index in [1.165, 1.54) is 0 Å². The quantitative estimate of drug-likeness (QED) is 0.629. The average Bonchev–Trinajstić information content (AvgIpc) is 3.31. The normalized spacial score (nSPS) is 15.9. The first-order valence-corrected chi connectivity index (χ1v) is 11.1. The van der Waals surface area contributed by atoms with Crippen LogP contribution in [0.15, 0.2) is 42.5 Å². The molecule has 0 aliphatic carbocycles. The third-order valence-corrected chi connectivity index (χ3v) is 5.86. The zero-order valence-corrected chi connectivity index (χ0v) is 19.0. The first-order chi connectivity index (χ1) is 16.0. The van der Waals surface area contributed by atoms with Gasteiger partial charge in [-0.25, -0.2) is 0 Å². The molecule has 0 aromatic heterocycles. The second-order valence-electron chi connectivity index (χ2n) is 8.19. The van der Waals surface area contributed by atoms with E-state index in [1.54, 1.807) is 18.9 Å². The Morgan fingerprint density at radius 3 is 2.55 bits per heavy atom. The number of hydrogen-bond acceptors (Lipinski definition) is 7. The molecule has 0 unspecified atom stereocenters. The Kier molecular flexibility index (Phi) is 7.31.